The average molecular weight is 386 g/mol. The van der Waals surface area contributed by atoms with Gasteiger partial charge in [0.05, 0.1) is 24.0 Å². The number of aromatic nitrogens is 4. The summed E-state index contributed by atoms with van der Waals surface area (Å²) in [5.74, 6) is 0. The van der Waals surface area contributed by atoms with E-state index in [0.29, 0.717) is 21.6 Å². The third-order valence-corrected chi connectivity index (χ3v) is 5.62. The molecule has 0 fully saturated rings. The Morgan fingerprint density at radius 1 is 0.964 bits per heavy atom. The van der Waals surface area contributed by atoms with Gasteiger partial charge >= 0.3 is 0 Å². The van der Waals surface area contributed by atoms with Crippen molar-refractivity contribution < 1.29 is 0 Å². The highest BCUT2D eigenvalue weighted by Gasteiger charge is 2.11. The van der Waals surface area contributed by atoms with Gasteiger partial charge in [-0.3, -0.25) is 18.6 Å². The lowest BCUT2D eigenvalue weighted by Crippen LogP contribution is -2.23. The normalized spacial score (nSPS) is 11.3. The highest BCUT2D eigenvalue weighted by atomic mass is 32.1. The number of benzene rings is 1. The maximum atomic E-state index is 12.9. The summed E-state index contributed by atoms with van der Waals surface area (Å²) >= 11 is 1.49. The van der Waals surface area contributed by atoms with E-state index in [1.54, 1.807) is 18.3 Å². The smallest absolute Gasteiger partial charge is 0.262 e. The lowest BCUT2D eigenvalue weighted by Gasteiger charge is -2.06. The Hall–Kier alpha value is -3.58. The van der Waals surface area contributed by atoms with Gasteiger partial charge in [0.15, 0.2) is 0 Å². The first-order valence-electron chi connectivity index (χ1n) is 8.71. The molecule has 1 aromatic carbocycles. The van der Waals surface area contributed by atoms with Crippen molar-refractivity contribution in [3.63, 3.8) is 0 Å². The van der Waals surface area contributed by atoms with Crippen LogP contribution < -0.4 is 11.1 Å². The number of hydrogen-bond donors (Lipinski definition) is 0. The molecular weight excluding hydrogens is 372 g/mol. The van der Waals surface area contributed by atoms with Crippen LogP contribution in [-0.4, -0.2) is 18.9 Å². The standard InChI is InChI=1S/C21H14N4O2S/c26-19-10-15(23-18-8-4-5-9-25(18)19)12-24-13-22-20-16(21(24)27)11-17(28-20)14-6-2-1-3-7-14/h1-11,13H,12H2. The largest absolute Gasteiger partial charge is 0.293 e. The van der Waals surface area contributed by atoms with E-state index in [1.165, 1.54) is 32.7 Å². The van der Waals surface area contributed by atoms with Crippen molar-refractivity contribution in [1.29, 1.82) is 0 Å². The van der Waals surface area contributed by atoms with E-state index in [4.69, 9.17) is 0 Å². The fourth-order valence-corrected chi connectivity index (χ4v) is 4.17. The van der Waals surface area contributed by atoms with Crippen LogP contribution in [0.25, 0.3) is 26.3 Å². The molecule has 0 radical (unpaired) electrons. The molecule has 0 saturated heterocycles. The van der Waals surface area contributed by atoms with E-state index in [9.17, 15) is 9.59 Å². The molecule has 4 heterocycles. The summed E-state index contributed by atoms with van der Waals surface area (Å²) in [7, 11) is 0. The molecule has 0 N–H and O–H groups in total. The van der Waals surface area contributed by atoms with Crippen LogP contribution in [0.5, 0.6) is 0 Å². The first-order chi connectivity index (χ1) is 13.7. The van der Waals surface area contributed by atoms with E-state index < -0.39 is 0 Å². The van der Waals surface area contributed by atoms with Gasteiger partial charge in [0.25, 0.3) is 11.1 Å². The van der Waals surface area contributed by atoms with Crippen LogP contribution in [0.15, 0.2) is 82.8 Å². The van der Waals surface area contributed by atoms with E-state index >= 15 is 0 Å². The third-order valence-electron chi connectivity index (χ3n) is 4.53. The number of hydrogen-bond acceptors (Lipinski definition) is 5. The minimum absolute atomic E-state index is 0.140. The number of fused-ring (bicyclic) bond motifs is 2. The zero-order valence-corrected chi connectivity index (χ0v) is 15.5. The number of pyridine rings is 1. The second kappa shape index (κ2) is 6.54. The predicted molar refractivity (Wildman–Crippen MR) is 110 cm³/mol. The molecule has 5 aromatic rings. The number of rotatable bonds is 3. The van der Waals surface area contributed by atoms with Crippen LogP contribution in [0, 0.1) is 0 Å². The van der Waals surface area contributed by atoms with E-state index in [0.717, 1.165) is 10.4 Å². The molecule has 0 aliphatic heterocycles. The van der Waals surface area contributed by atoms with Crippen LogP contribution >= 0.6 is 11.3 Å². The van der Waals surface area contributed by atoms with Gasteiger partial charge in [-0.2, -0.15) is 0 Å². The van der Waals surface area contributed by atoms with Crippen molar-refractivity contribution in [3.05, 3.63) is 99.6 Å². The molecule has 7 heteroatoms. The summed E-state index contributed by atoms with van der Waals surface area (Å²) in [4.78, 5) is 35.8. The van der Waals surface area contributed by atoms with Crippen LogP contribution in [0.2, 0.25) is 0 Å². The summed E-state index contributed by atoms with van der Waals surface area (Å²) in [6.07, 6.45) is 3.19. The van der Waals surface area contributed by atoms with Crippen molar-refractivity contribution >= 4 is 27.2 Å². The van der Waals surface area contributed by atoms with Crippen molar-refractivity contribution in [2.45, 2.75) is 6.54 Å². The van der Waals surface area contributed by atoms with Gasteiger partial charge in [-0.15, -0.1) is 11.3 Å². The molecule has 0 bridgehead atoms. The summed E-state index contributed by atoms with van der Waals surface area (Å²) in [5, 5.41) is 0.573. The first-order valence-corrected chi connectivity index (χ1v) is 9.52. The topological polar surface area (TPSA) is 69.3 Å². The Morgan fingerprint density at radius 2 is 1.79 bits per heavy atom. The Labute approximate surface area is 163 Å². The Morgan fingerprint density at radius 3 is 2.64 bits per heavy atom. The SMILES string of the molecule is O=c1c2cc(-c3ccccc3)sc2ncn1Cc1cc(=O)n2ccccc2n1. The maximum absolute atomic E-state index is 12.9. The van der Waals surface area contributed by atoms with Crippen molar-refractivity contribution in [3.8, 4) is 10.4 Å². The lowest BCUT2D eigenvalue weighted by atomic mass is 10.2. The maximum Gasteiger partial charge on any atom is 0.262 e. The first kappa shape index (κ1) is 16.6. The Kier molecular flexibility index (Phi) is 3.87. The molecule has 136 valence electrons. The summed E-state index contributed by atoms with van der Waals surface area (Å²) in [6.45, 7) is 0.193. The highest BCUT2D eigenvalue weighted by molar-refractivity contribution is 7.21. The minimum Gasteiger partial charge on any atom is -0.293 e. The van der Waals surface area contributed by atoms with Crippen molar-refractivity contribution in [2.24, 2.45) is 0 Å². The highest BCUT2D eigenvalue weighted by Crippen LogP contribution is 2.30. The fraction of sp³-hybridized carbons (Fsp3) is 0.0476. The van der Waals surface area contributed by atoms with Gasteiger partial charge in [0.1, 0.15) is 10.5 Å². The summed E-state index contributed by atoms with van der Waals surface area (Å²) < 4.78 is 2.96. The predicted octanol–water partition coefficient (Wildman–Crippen LogP) is 3.18. The van der Waals surface area contributed by atoms with Gasteiger partial charge in [-0.05, 0) is 23.8 Å². The van der Waals surface area contributed by atoms with Gasteiger partial charge in [-0.25, -0.2) is 9.97 Å². The van der Waals surface area contributed by atoms with Crippen LogP contribution in [0.3, 0.4) is 0 Å². The molecule has 0 atom stereocenters. The van der Waals surface area contributed by atoms with Crippen LogP contribution in [0.1, 0.15) is 5.69 Å². The average Bonchev–Trinajstić information content (AvgIpc) is 3.16. The number of nitrogens with zero attached hydrogens (tertiary/aromatic N) is 4. The number of thiophene rings is 1. The second-order valence-electron chi connectivity index (χ2n) is 6.39. The van der Waals surface area contributed by atoms with Crippen molar-refractivity contribution in [1.82, 2.24) is 18.9 Å². The second-order valence-corrected chi connectivity index (χ2v) is 7.42. The van der Waals surface area contributed by atoms with E-state index in [1.807, 2.05) is 42.5 Å². The quantitative estimate of drug-likeness (QED) is 0.478. The summed E-state index contributed by atoms with van der Waals surface area (Å²) in [5.41, 5.74) is 1.82. The monoisotopic (exact) mass is 386 g/mol. The fourth-order valence-electron chi connectivity index (χ4n) is 3.18. The van der Waals surface area contributed by atoms with Gasteiger partial charge in [-0.1, -0.05) is 36.4 Å². The van der Waals surface area contributed by atoms with E-state index in [2.05, 4.69) is 9.97 Å². The zero-order chi connectivity index (χ0) is 19.1. The molecular formula is C21H14N4O2S. The Bertz CT molecular complexity index is 1430. The zero-order valence-electron chi connectivity index (χ0n) is 14.6. The van der Waals surface area contributed by atoms with E-state index in [-0.39, 0.29) is 17.7 Å². The molecule has 0 aliphatic rings. The van der Waals surface area contributed by atoms with Crippen molar-refractivity contribution in [2.75, 3.05) is 0 Å². The molecule has 0 unspecified atom stereocenters. The molecule has 5 rings (SSSR count). The van der Waals surface area contributed by atoms with Gasteiger partial charge in [0, 0.05) is 17.1 Å². The summed E-state index contributed by atoms with van der Waals surface area (Å²) in [6, 6.07) is 18.6. The van der Waals surface area contributed by atoms with Crippen LogP contribution in [-0.2, 0) is 6.54 Å². The minimum atomic E-state index is -0.176. The Balaban J connectivity index is 1.58. The molecule has 0 spiro atoms. The molecule has 4 aromatic heterocycles. The molecule has 28 heavy (non-hydrogen) atoms. The lowest BCUT2D eigenvalue weighted by molar-refractivity contribution is 0.727. The van der Waals surface area contributed by atoms with Gasteiger partial charge in [0.2, 0.25) is 0 Å². The van der Waals surface area contributed by atoms with Gasteiger partial charge < -0.3 is 0 Å². The molecule has 0 aliphatic carbocycles. The third kappa shape index (κ3) is 2.82. The molecule has 0 saturated carbocycles. The van der Waals surface area contributed by atoms with Crippen LogP contribution in [0.4, 0.5) is 0 Å². The molecule has 0 amide bonds. The molecule has 6 nitrogen and oxygen atoms in total.